The van der Waals surface area contributed by atoms with Crippen LogP contribution in [0.3, 0.4) is 0 Å². The maximum atomic E-state index is 13.5. The molecule has 1 aliphatic heterocycles. The van der Waals surface area contributed by atoms with Crippen molar-refractivity contribution in [1.29, 1.82) is 0 Å². The first-order chi connectivity index (χ1) is 17.9. The fourth-order valence-corrected chi connectivity index (χ4v) is 5.46. The van der Waals surface area contributed by atoms with E-state index in [0.29, 0.717) is 28.4 Å². The van der Waals surface area contributed by atoms with Crippen LogP contribution in [-0.2, 0) is 4.79 Å². The topological polar surface area (TPSA) is 78.4 Å². The van der Waals surface area contributed by atoms with Gasteiger partial charge in [-0.1, -0.05) is 78.3 Å². The number of aromatic amines is 1. The standard InChI is InChI=1S/C30H23ClN4O2/c1-17-9-8-12-20-15-22(29(31)33-28(17)20)25-16-24(34-35(25)18(2)36)27-26(19-10-4-3-5-11-19)21-13-6-7-14-23(21)32-30(27)37/h3-15,25H,16H2,1-2H3,(H,32,37). The molecule has 6 nitrogen and oxygen atoms in total. The van der Waals surface area contributed by atoms with Crippen molar-refractivity contribution in [3.8, 4) is 11.1 Å². The molecular formula is C30H23ClN4O2. The number of H-pyrrole nitrogens is 1. The van der Waals surface area contributed by atoms with Crippen molar-refractivity contribution in [2.24, 2.45) is 5.10 Å². The Morgan fingerprint density at radius 2 is 1.76 bits per heavy atom. The highest BCUT2D eigenvalue weighted by atomic mass is 35.5. The van der Waals surface area contributed by atoms with E-state index in [0.717, 1.165) is 38.5 Å². The second kappa shape index (κ2) is 8.98. The van der Waals surface area contributed by atoms with Crippen LogP contribution in [0.2, 0.25) is 5.15 Å². The molecule has 0 radical (unpaired) electrons. The summed E-state index contributed by atoms with van der Waals surface area (Å²) in [5, 5.41) is 8.29. The SMILES string of the molecule is CC(=O)N1N=C(c2c(-c3ccccc3)c3ccccc3[nH]c2=O)CC1c1cc2cccc(C)c2nc1Cl. The molecule has 1 atom stereocenters. The largest absolute Gasteiger partial charge is 0.321 e. The Morgan fingerprint density at radius 3 is 2.54 bits per heavy atom. The second-order valence-corrected chi connectivity index (χ2v) is 9.62. The summed E-state index contributed by atoms with van der Waals surface area (Å²) < 4.78 is 0. The fourth-order valence-electron chi connectivity index (χ4n) is 5.19. The van der Waals surface area contributed by atoms with Gasteiger partial charge in [-0.3, -0.25) is 9.59 Å². The number of carbonyl (C=O) groups excluding carboxylic acids is 1. The molecule has 6 rings (SSSR count). The predicted molar refractivity (Wildman–Crippen MR) is 148 cm³/mol. The molecule has 1 unspecified atom stereocenters. The average Bonchev–Trinajstić information content (AvgIpc) is 3.34. The third kappa shape index (κ3) is 3.90. The van der Waals surface area contributed by atoms with Crippen LogP contribution >= 0.6 is 11.6 Å². The van der Waals surface area contributed by atoms with Gasteiger partial charge in [0.2, 0.25) is 5.91 Å². The Kier molecular flexibility index (Phi) is 5.61. The molecule has 3 heterocycles. The zero-order valence-corrected chi connectivity index (χ0v) is 21.1. The lowest BCUT2D eigenvalue weighted by molar-refractivity contribution is -0.130. The smallest absolute Gasteiger partial charge is 0.258 e. The molecule has 182 valence electrons. The molecule has 3 aromatic carbocycles. The number of rotatable bonds is 3. The molecule has 2 aromatic heterocycles. The van der Waals surface area contributed by atoms with Gasteiger partial charge in [-0.2, -0.15) is 5.10 Å². The highest BCUT2D eigenvalue weighted by Crippen LogP contribution is 2.39. The van der Waals surface area contributed by atoms with Gasteiger partial charge in [0.1, 0.15) is 5.15 Å². The summed E-state index contributed by atoms with van der Waals surface area (Å²) in [5.41, 5.74) is 5.72. The average molecular weight is 507 g/mol. The number of benzene rings is 3. The number of hydrogen-bond acceptors (Lipinski definition) is 4. The van der Waals surface area contributed by atoms with Crippen LogP contribution in [0.25, 0.3) is 32.9 Å². The van der Waals surface area contributed by atoms with Crippen molar-refractivity contribution in [1.82, 2.24) is 15.0 Å². The summed E-state index contributed by atoms with van der Waals surface area (Å²) in [5.74, 6) is -0.237. The number of fused-ring (bicyclic) bond motifs is 2. The normalized spacial score (nSPS) is 15.4. The van der Waals surface area contributed by atoms with E-state index < -0.39 is 6.04 Å². The van der Waals surface area contributed by atoms with E-state index in [4.69, 9.17) is 16.7 Å². The van der Waals surface area contributed by atoms with Gasteiger partial charge in [0.05, 0.1) is 22.8 Å². The van der Waals surface area contributed by atoms with E-state index in [1.165, 1.54) is 11.9 Å². The molecule has 37 heavy (non-hydrogen) atoms. The number of hydrazone groups is 1. The minimum atomic E-state index is -0.480. The minimum Gasteiger partial charge on any atom is -0.321 e. The summed E-state index contributed by atoms with van der Waals surface area (Å²) in [4.78, 5) is 33.9. The molecule has 0 aliphatic carbocycles. The van der Waals surface area contributed by atoms with Gasteiger partial charge in [0.15, 0.2) is 0 Å². The monoisotopic (exact) mass is 506 g/mol. The van der Waals surface area contributed by atoms with Gasteiger partial charge in [0.25, 0.3) is 5.56 Å². The first-order valence-electron chi connectivity index (χ1n) is 12.1. The van der Waals surface area contributed by atoms with Crippen molar-refractivity contribution in [3.05, 3.63) is 111 Å². The van der Waals surface area contributed by atoms with E-state index >= 15 is 0 Å². The first kappa shape index (κ1) is 23.1. The van der Waals surface area contributed by atoms with Crippen LogP contribution < -0.4 is 5.56 Å². The lowest BCUT2D eigenvalue weighted by Gasteiger charge is -2.21. The molecule has 0 saturated heterocycles. The summed E-state index contributed by atoms with van der Waals surface area (Å²) in [6, 6.07) is 24.9. The van der Waals surface area contributed by atoms with Gasteiger partial charge < -0.3 is 4.98 Å². The van der Waals surface area contributed by atoms with Crippen LogP contribution in [0.5, 0.6) is 0 Å². The summed E-state index contributed by atoms with van der Waals surface area (Å²) in [6.07, 6.45) is 0.333. The number of nitrogens with zero attached hydrogens (tertiary/aromatic N) is 3. The number of pyridine rings is 2. The summed E-state index contributed by atoms with van der Waals surface area (Å²) >= 11 is 6.69. The number of para-hydroxylation sites is 2. The third-order valence-corrected chi connectivity index (χ3v) is 7.20. The van der Waals surface area contributed by atoms with Gasteiger partial charge in [0, 0.05) is 40.8 Å². The summed E-state index contributed by atoms with van der Waals surface area (Å²) in [6.45, 7) is 3.45. The number of carbonyl (C=O) groups is 1. The van der Waals surface area contributed by atoms with Crippen molar-refractivity contribution >= 4 is 45.0 Å². The molecule has 5 aromatic rings. The second-order valence-electron chi connectivity index (χ2n) is 9.26. The Labute approximate surface area is 218 Å². The molecule has 0 spiro atoms. The Balaban J connectivity index is 1.55. The number of aromatic nitrogens is 2. The van der Waals surface area contributed by atoms with Crippen LogP contribution in [0, 0.1) is 6.92 Å². The molecule has 1 amide bonds. The highest BCUT2D eigenvalue weighted by molar-refractivity contribution is 6.30. The maximum absolute atomic E-state index is 13.5. The van der Waals surface area contributed by atoms with Gasteiger partial charge in [-0.05, 0) is 30.2 Å². The summed E-state index contributed by atoms with van der Waals surface area (Å²) in [7, 11) is 0. The molecule has 0 bridgehead atoms. The number of halogens is 1. The molecule has 0 fully saturated rings. The first-order valence-corrected chi connectivity index (χ1v) is 12.4. The fraction of sp³-hybridized carbons (Fsp3) is 0.133. The molecule has 7 heteroatoms. The van der Waals surface area contributed by atoms with Crippen molar-refractivity contribution in [2.75, 3.05) is 0 Å². The Morgan fingerprint density at radius 1 is 1.00 bits per heavy atom. The Bertz CT molecular complexity index is 1790. The highest BCUT2D eigenvalue weighted by Gasteiger charge is 2.35. The van der Waals surface area contributed by atoms with Crippen molar-refractivity contribution in [3.63, 3.8) is 0 Å². The quantitative estimate of drug-likeness (QED) is 0.287. The van der Waals surface area contributed by atoms with Crippen molar-refractivity contribution < 1.29 is 4.79 Å². The van der Waals surface area contributed by atoms with E-state index in [2.05, 4.69) is 9.97 Å². The molecule has 0 saturated carbocycles. The van der Waals surface area contributed by atoms with Gasteiger partial charge in [-0.25, -0.2) is 9.99 Å². The predicted octanol–water partition coefficient (Wildman–Crippen LogP) is 6.40. The minimum absolute atomic E-state index is 0.237. The van der Waals surface area contributed by atoms with Gasteiger partial charge in [-0.15, -0.1) is 0 Å². The molecule has 1 N–H and O–H groups in total. The number of hydrogen-bond donors (Lipinski definition) is 1. The molecule has 1 aliphatic rings. The third-order valence-electron chi connectivity index (χ3n) is 6.89. The van der Waals surface area contributed by atoms with Crippen molar-refractivity contribution in [2.45, 2.75) is 26.3 Å². The molecular weight excluding hydrogens is 484 g/mol. The lowest BCUT2D eigenvalue weighted by atomic mass is 9.91. The Hall–Kier alpha value is -4.29. The number of aryl methyl sites for hydroxylation is 1. The maximum Gasteiger partial charge on any atom is 0.258 e. The van der Waals surface area contributed by atoms with E-state index in [1.807, 2.05) is 85.8 Å². The lowest BCUT2D eigenvalue weighted by Crippen LogP contribution is -2.24. The van der Waals surface area contributed by atoms with Crippen LogP contribution in [0.15, 0.2) is 88.8 Å². The van der Waals surface area contributed by atoms with Gasteiger partial charge >= 0.3 is 0 Å². The van der Waals surface area contributed by atoms with Crippen LogP contribution in [-0.4, -0.2) is 26.6 Å². The zero-order chi connectivity index (χ0) is 25.7. The zero-order valence-electron chi connectivity index (χ0n) is 20.3. The van der Waals surface area contributed by atoms with Crippen LogP contribution in [0.4, 0.5) is 0 Å². The van der Waals surface area contributed by atoms with E-state index in [1.54, 1.807) is 0 Å². The number of amides is 1. The van der Waals surface area contributed by atoms with Crippen LogP contribution in [0.1, 0.15) is 36.1 Å². The van der Waals surface area contributed by atoms with E-state index in [-0.39, 0.29) is 11.5 Å². The van der Waals surface area contributed by atoms with E-state index in [9.17, 15) is 9.59 Å². The number of nitrogens with one attached hydrogen (secondary N) is 1.